The van der Waals surface area contributed by atoms with Crippen LogP contribution in [0, 0.1) is 21.4 Å². The molecule has 0 bridgehead atoms. The summed E-state index contributed by atoms with van der Waals surface area (Å²) in [5.41, 5.74) is 2.43. The van der Waals surface area contributed by atoms with Crippen LogP contribution >= 0.6 is 0 Å². The number of pyridine rings is 1. The van der Waals surface area contributed by atoms with E-state index in [2.05, 4.69) is 38.6 Å². The molecule has 0 aliphatic heterocycles. The molecule has 12 heteroatoms. The standard InChI is InChI=1S/C26H21N7O4.C4H10O/c27-14-18-6-8-20(9-7-18)24-22(25(34)37-17-19-4-2-1-3-5-19)16-31-26(32-24)29-13-12-28-23-11-10-21(15-30-23)33(35)36;1-2-3-4-5/h1-11,15-16H,12-13,17H2,(H,28,30)(H,29,31,32);5H,2-4H2,1H3. The molecule has 0 atom stereocenters. The number of unbranched alkanes of at least 4 members (excludes halogenated alkanes) is 1. The van der Waals surface area contributed by atoms with E-state index in [4.69, 9.17) is 15.1 Å². The molecule has 0 saturated heterocycles. The SMILES string of the molecule is CCCCO.N#Cc1ccc(-c2nc(NCCNc3ccc([N+](=O)[O-])cn3)ncc2C(=O)OCc2ccccc2)cc1. The van der Waals surface area contributed by atoms with Crippen molar-refractivity contribution in [1.82, 2.24) is 15.0 Å². The van der Waals surface area contributed by atoms with Crippen molar-refractivity contribution in [2.45, 2.75) is 26.4 Å². The summed E-state index contributed by atoms with van der Waals surface area (Å²) in [6.45, 7) is 3.34. The predicted molar refractivity (Wildman–Crippen MR) is 158 cm³/mol. The van der Waals surface area contributed by atoms with Crippen molar-refractivity contribution >= 4 is 23.4 Å². The van der Waals surface area contributed by atoms with Crippen LogP contribution in [0.1, 0.15) is 41.3 Å². The van der Waals surface area contributed by atoms with Gasteiger partial charge in [0.2, 0.25) is 5.95 Å². The highest BCUT2D eigenvalue weighted by atomic mass is 16.6. The fraction of sp³-hybridized carbons (Fsp3) is 0.233. The van der Waals surface area contributed by atoms with Gasteiger partial charge in [0.1, 0.15) is 24.2 Å². The molecular formula is C30H31N7O5. The minimum Gasteiger partial charge on any atom is -0.457 e. The summed E-state index contributed by atoms with van der Waals surface area (Å²) in [7, 11) is 0. The van der Waals surface area contributed by atoms with Crippen molar-refractivity contribution in [1.29, 1.82) is 5.26 Å². The van der Waals surface area contributed by atoms with Gasteiger partial charge in [-0.25, -0.2) is 19.7 Å². The van der Waals surface area contributed by atoms with Gasteiger partial charge in [0.05, 0.1) is 22.2 Å². The normalized spacial score (nSPS) is 10.0. The molecule has 0 spiro atoms. The average molecular weight is 570 g/mol. The number of nitro groups is 1. The first kappa shape index (κ1) is 31.1. The number of aliphatic hydroxyl groups excluding tert-OH is 1. The number of esters is 1. The molecular weight excluding hydrogens is 538 g/mol. The van der Waals surface area contributed by atoms with Gasteiger partial charge >= 0.3 is 5.97 Å². The second kappa shape index (κ2) is 16.6. The van der Waals surface area contributed by atoms with Gasteiger partial charge in [-0.15, -0.1) is 0 Å². The largest absolute Gasteiger partial charge is 0.457 e. The number of rotatable bonds is 12. The van der Waals surface area contributed by atoms with E-state index in [9.17, 15) is 14.9 Å². The zero-order valence-corrected chi connectivity index (χ0v) is 23.1. The Bertz CT molecular complexity index is 1470. The first-order valence-electron chi connectivity index (χ1n) is 13.2. The van der Waals surface area contributed by atoms with Gasteiger partial charge in [-0.2, -0.15) is 5.26 Å². The molecule has 3 N–H and O–H groups in total. The molecule has 0 saturated carbocycles. The Labute approximate surface area is 243 Å². The maximum Gasteiger partial charge on any atom is 0.342 e. The number of nitrogens with zero attached hydrogens (tertiary/aromatic N) is 5. The van der Waals surface area contributed by atoms with Crippen molar-refractivity contribution in [3.63, 3.8) is 0 Å². The fourth-order valence-corrected chi connectivity index (χ4v) is 3.46. The third-order valence-corrected chi connectivity index (χ3v) is 5.69. The van der Waals surface area contributed by atoms with Crippen molar-refractivity contribution < 1.29 is 19.6 Å². The molecule has 2 heterocycles. The Morgan fingerprint density at radius 2 is 1.76 bits per heavy atom. The van der Waals surface area contributed by atoms with Gasteiger partial charge in [-0.3, -0.25) is 10.1 Å². The number of anilines is 2. The molecule has 4 rings (SSSR count). The molecule has 12 nitrogen and oxygen atoms in total. The summed E-state index contributed by atoms with van der Waals surface area (Å²) in [4.78, 5) is 35.9. The Balaban J connectivity index is 0.000000892. The van der Waals surface area contributed by atoms with E-state index in [-0.39, 0.29) is 23.8 Å². The number of carbonyl (C=O) groups is 1. The summed E-state index contributed by atoms with van der Waals surface area (Å²) >= 11 is 0. The van der Waals surface area contributed by atoms with E-state index in [1.165, 1.54) is 24.5 Å². The van der Waals surface area contributed by atoms with Gasteiger partial charge in [0.25, 0.3) is 5.69 Å². The zero-order valence-electron chi connectivity index (χ0n) is 23.1. The van der Waals surface area contributed by atoms with E-state index >= 15 is 0 Å². The van der Waals surface area contributed by atoms with Crippen molar-refractivity contribution in [2.75, 3.05) is 30.3 Å². The first-order valence-corrected chi connectivity index (χ1v) is 13.2. The van der Waals surface area contributed by atoms with E-state index < -0.39 is 10.9 Å². The lowest BCUT2D eigenvalue weighted by atomic mass is 10.1. The lowest BCUT2D eigenvalue weighted by Crippen LogP contribution is -2.17. The van der Waals surface area contributed by atoms with Crippen LogP contribution in [-0.2, 0) is 11.3 Å². The van der Waals surface area contributed by atoms with Gasteiger partial charge in [0.15, 0.2) is 0 Å². The van der Waals surface area contributed by atoms with E-state index in [0.717, 1.165) is 18.4 Å². The second-order valence-corrected chi connectivity index (χ2v) is 8.80. The van der Waals surface area contributed by atoms with Crippen LogP contribution < -0.4 is 10.6 Å². The number of nitrogens with one attached hydrogen (secondary N) is 2. The zero-order chi connectivity index (χ0) is 30.2. The molecule has 216 valence electrons. The highest BCUT2D eigenvalue weighted by Crippen LogP contribution is 2.24. The number of hydrogen-bond donors (Lipinski definition) is 3. The Morgan fingerprint density at radius 1 is 1.02 bits per heavy atom. The number of ether oxygens (including phenoxy) is 1. The monoisotopic (exact) mass is 569 g/mol. The molecule has 0 fully saturated rings. The smallest absolute Gasteiger partial charge is 0.342 e. The van der Waals surface area contributed by atoms with E-state index in [0.29, 0.717) is 42.3 Å². The molecule has 2 aromatic heterocycles. The molecule has 0 amide bonds. The Kier molecular flexibility index (Phi) is 12.3. The quantitative estimate of drug-likeness (QED) is 0.0907. The maximum atomic E-state index is 12.9. The second-order valence-electron chi connectivity index (χ2n) is 8.80. The Morgan fingerprint density at radius 3 is 2.36 bits per heavy atom. The van der Waals surface area contributed by atoms with Crippen molar-refractivity contribution in [3.8, 4) is 17.3 Å². The number of aliphatic hydroxyl groups is 1. The van der Waals surface area contributed by atoms with Gasteiger partial charge in [-0.1, -0.05) is 55.8 Å². The van der Waals surface area contributed by atoms with Crippen LogP contribution in [0.4, 0.5) is 17.5 Å². The third-order valence-electron chi connectivity index (χ3n) is 5.69. The highest BCUT2D eigenvalue weighted by Gasteiger charge is 2.18. The maximum absolute atomic E-state index is 12.9. The van der Waals surface area contributed by atoms with Gasteiger partial charge in [-0.05, 0) is 30.2 Å². The summed E-state index contributed by atoms with van der Waals surface area (Å²) < 4.78 is 5.48. The third kappa shape index (κ3) is 9.65. The number of carbonyl (C=O) groups excluding carboxylic acids is 1. The van der Waals surface area contributed by atoms with E-state index in [1.807, 2.05) is 30.3 Å². The molecule has 42 heavy (non-hydrogen) atoms. The summed E-state index contributed by atoms with van der Waals surface area (Å²) in [6.07, 6.45) is 4.62. The van der Waals surface area contributed by atoms with Crippen molar-refractivity contribution in [2.24, 2.45) is 0 Å². The number of hydrogen-bond acceptors (Lipinski definition) is 11. The molecule has 0 aliphatic carbocycles. The average Bonchev–Trinajstić information content (AvgIpc) is 3.03. The molecule has 2 aromatic carbocycles. The van der Waals surface area contributed by atoms with Crippen LogP contribution in [0.15, 0.2) is 79.1 Å². The van der Waals surface area contributed by atoms with Crippen molar-refractivity contribution in [3.05, 3.63) is 106 Å². The first-order chi connectivity index (χ1) is 20.4. The minimum absolute atomic E-state index is 0.0882. The molecule has 0 aliphatic rings. The number of aromatic nitrogens is 3. The number of benzene rings is 2. The number of nitriles is 1. The van der Waals surface area contributed by atoms with Gasteiger partial charge in [0, 0.05) is 37.5 Å². The Hall–Kier alpha value is -5.41. The summed E-state index contributed by atoms with van der Waals surface area (Å²) in [5, 5.41) is 34.0. The lowest BCUT2D eigenvalue weighted by Gasteiger charge is -2.12. The molecule has 0 radical (unpaired) electrons. The summed E-state index contributed by atoms with van der Waals surface area (Å²) in [5.74, 6) is 0.209. The van der Waals surface area contributed by atoms with Crippen LogP contribution in [0.5, 0.6) is 0 Å². The van der Waals surface area contributed by atoms with Crippen LogP contribution in [0.2, 0.25) is 0 Å². The highest BCUT2D eigenvalue weighted by molar-refractivity contribution is 5.96. The van der Waals surface area contributed by atoms with Crippen LogP contribution in [0.3, 0.4) is 0 Å². The minimum atomic E-state index is -0.569. The van der Waals surface area contributed by atoms with E-state index in [1.54, 1.807) is 24.3 Å². The summed E-state index contributed by atoms with van der Waals surface area (Å²) in [6, 6.07) is 21.0. The van der Waals surface area contributed by atoms with Gasteiger partial charge < -0.3 is 20.5 Å². The fourth-order valence-electron chi connectivity index (χ4n) is 3.46. The van der Waals surface area contributed by atoms with Crippen LogP contribution in [0.25, 0.3) is 11.3 Å². The predicted octanol–water partition coefficient (Wildman–Crippen LogP) is 4.98. The topological polar surface area (TPSA) is 176 Å². The molecule has 4 aromatic rings. The van der Waals surface area contributed by atoms with Crippen LogP contribution in [-0.4, -0.2) is 50.6 Å². The molecule has 0 unspecified atom stereocenters. The lowest BCUT2D eigenvalue weighted by molar-refractivity contribution is -0.385.